The zero-order chi connectivity index (χ0) is 13.1. The summed E-state index contributed by atoms with van der Waals surface area (Å²) >= 11 is 3.29. The molecule has 0 radical (unpaired) electrons. The van der Waals surface area contributed by atoms with Crippen molar-refractivity contribution < 1.29 is 4.79 Å². The molecule has 0 fully saturated rings. The van der Waals surface area contributed by atoms with Crippen molar-refractivity contribution in [1.29, 1.82) is 5.26 Å². The summed E-state index contributed by atoms with van der Waals surface area (Å²) in [6.07, 6.45) is 0. The number of benzene rings is 1. The van der Waals surface area contributed by atoms with Crippen LogP contribution in [-0.2, 0) is 0 Å². The molecule has 0 aliphatic rings. The van der Waals surface area contributed by atoms with Crippen molar-refractivity contribution in [2.75, 3.05) is 0 Å². The highest BCUT2D eigenvalue weighted by Crippen LogP contribution is 2.13. The summed E-state index contributed by atoms with van der Waals surface area (Å²) in [6, 6.07) is 8.72. The van der Waals surface area contributed by atoms with Crippen molar-refractivity contribution in [3.05, 3.63) is 34.3 Å². The minimum atomic E-state index is -0.434. The Morgan fingerprint density at radius 1 is 1.29 bits per heavy atom. The summed E-state index contributed by atoms with van der Waals surface area (Å²) < 4.78 is 0.889. The van der Waals surface area contributed by atoms with Gasteiger partial charge in [0.1, 0.15) is 6.07 Å². The average Bonchev–Trinajstić information content (AvgIpc) is 2.25. The van der Waals surface area contributed by atoms with Gasteiger partial charge in [0.25, 0.3) is 0 Å². The molecule has 0 unspecified atom stereocenters. The molecule has 88 valence electrons. The van der Waals surface area contributed by atoms with Gasteiger partial charge in [-0.25, -0.2) is 0 Å². The number of hydrogen-bond donors (Lipinski definition) is 0. The molecule has 0 aliphatic heterocycles. The Morgan fingerprint density at radius 2 is 1.82 bits per heavy atom. The van der Waals surface area contributed by atoms with Crippen molar-refractivity contribution in [3.63, 3.8) is 0 Å². The number of aliphatic imine (C=N–C) groups is 1. The zero-order valence-electron chi connectivity index (χ0n) is 9.99. The van der Waals surface area contributed by atoms with Crippen LogP contribution >= 0.6 is 15.9 Å². The predicted octanol–water partition coefficient (Wildman–Crippen LogP) is 3.39. The maximum Gasteiger partial charge on any atom is 0.221 e. The van der Waals surface area contributed by atoms with Crippen LogP contribution in [0.5, 0.6) is 0 Å². The second kappa shape index (κ2) is 5.24. The lowest BCUT2D eigenvalue weighted by molar-refractivity contribution is 0.106. The third-order valence-electron chi connectivity index (χ3n) is 1.87. The van der Waals surface area contributed by atoms with Crippen molar-refractivity contribution in [1.82, 2.24) is 0 Å². The molecule has 0 N–H and O–H groups in total. The Morgan fingerprint density at radius 3 is 2.24 bits per heavy atom. The fourth-order valence-corrected chi connectivity index (χ4v) is 1.46. The number of nitriles is 1. The summed E-state index contributed by atoms with van der Waals surface area (Å²) in [5.41, 5.74) is -0.0200. The minimum absolute atomic E-state index is 0.0557. The minimum Gasteiger partial charge on any atom is -0.286 e. The van der Waals surface area contributed by atoms with Crippen LogP contribution in [0, 0.1) is 11.3 Å². The molecule has 0 spiro atoms. The summed E-state index contributed by atoms with van der Waals surface area (Å²) in [5.74, 6) is -0.338. The maximum atomic E-state index is 12.0. The SMILES string of the molecule is CC(C)(C)/N=C(\C#N)C(=O)c1ccc(Br)cc1. The first-order valence-corrected chi connectivity index (χ1v) is 5.93. The Balaban J connectivity index is 3.08. The van der Waals surface area contributed by atoms with E-state index in [2.05, 4.69) is 20.9 Å². The normalized spacial score (nSPS) is 12.1. The smallest absolute Gasteiger partial charge is 0.221 e. The molecule has 0 atom stereocenters. The molecule has 1 aromatic rings. The fraction of sp³-hybridized carbons (Fsp3) is 0.308. The Hall–Kier alpha value is -1.47. The highest BCUT2D eigenvalue weighted by atomic mass is 79.9. The number of carbonyl (C=O) groups is 1. The van der Waals surface area contributed by atoms with Gasteiger partial charge < -0.3 is 0 Å². The first-order chi connectivity index (χ1) is 7.83. The molecule has 3 nitrogen and oxygen atoms in total. The second-order valence-corrected chi connectivity index (χ2v) is 5.49. The molecule has 0 aromatic heterocycles. The van der Waals surface area contributed by atoms with Gasteiger partial charge in [-0.1, -0.05) is 15.9 Å². The molecular weight excluding hydrogens is 280 g/mol. The van der Waals surface area contributed by atoms with E-state index < -0.39 is 5.54 Å². The van der Waals surface area contributed by atoms with E-state index in [9.17, 15) is 4.79 Å². The van der Waals surface area contributed by atoms with E-state index in [-0.39, 0.29) is 11.5 Å². The number of carbonyl (C=O) groups excluding carboxylic acids is 1. The Labute approximate surface area is 109 Å². The Bertz CT molecular complexity index is 490. The first-order valence-electron chi connectivity index (χ1n) is 5.14. The van der Waals surface area contributed by atoms with Crippen molar-refractivity contribution in [3.8, 4) is 6.07 Å². The topological polar surface area (TPSA) is 53.2 Å². The van der Waals surface area contributed by atoms with Crippen LogP contribution in [0.4, 0.5) is 0 Å². The van der Waals surface area contributed by atoms with E-state index in [0.717, 1.165) is 4.47 Å². The van der Waals surface area contributed by atoms with Crippen molar-refractivity contribution >= 4 is 27.4 Å². The van der Waals surface area contributed by atoms with E-state index in [1.807, 2.05) is 26.8 Å². The average molecular weight is 293 g/mol. The summed E-state index contributed by atoms with van der Waals surface area (Å²) in [7, 11) is 0. The van der Waals surface area contributed by atoms with Gasteiger partial charge in [0.05, 0.1) is 5.54 Å². The number of nitrogens with zero attached hydrogens (tertiary/aromatic N) is 2. The van der Waals surface area contributed by atoms with Crippen LogP contribution in [0.1, 0.15) is 31.1 Å². The fourth-order valence-electron chi connectivity index (χ4n) is 1.20. The number of hydrogen-bond acceptors (Lipinski definition) is 3. The largest absolute Gasteiger partial charge is 0.286 e. The van der Waals surface area contributed by atoms with Gasteiger partial charge in [-0.05, 0) is 45.0 Å². The first kappa shape index (κ1) is 13.6. The monoisotopic (exact) mass is 292 g/mol. The molecule has 1 rings (SSSR count). The van der Waals surface area contributed by atoms with Gasteiger partial charge in [0, 0.05) is 10.0 Å². The summed E-state index contributed by atoms with van der Waals surface area (Å²) in [4.78, 5) is 16.1. The quantitative estimate of drug-likeness (QED) is 0.620. The molecule has 0 saturated heterocycles. The van der Waals surface area contributed by atoms with Gasteiger partial charge in [-0.15, -0.1) is 0 Å². The van der Waals surface area contributed by atoms with Crippen LogP contribution in [-0.4, -0.2) is 17.0 Å². The van der Waals surface area contributed by atoms with Gasteiger partial charge in [0.2, 0.25) is 5.78 Å². The van der Waals surface area contributed by atoms with Crippen molar-refractivity contribution in [2.24, 2.45) is 4.99 Å². The molecule has 1 aromatic carbocycles. The Kier molecular flexibility index (Phi) is 4.19. The molecular formula is C13H13BrN2O. The standard InChI is InChI=1S/C13H13BrN2O/c1-13(2,3)16-11(8-15)12(17)9-4-6-10(14)7-5-9/h4-7H,1-3H3/b16-11+. The summed E-state index contributed by atoms with van der Waals surface area (Å²) in [5, 5.41) is 8.96. The molecule has 0 bridgehead atoms. The van der Waals surface area contributed by atoms with Gasteiger partial charge >= 0.3 is 0 Å². The number of ketones is 1. The van der Waals surface area contributed by atoms with E-state index >= 15 is 0 Å². The molecule has 0 heterocycles. The van der Waals surface area contributed by atoms with Gasteiger partial charge in [-0.3, -0.25) is 9.79 Å². The third-order valence-corrected chi connectivity index (χ3v) is 2.40. The van der Waals surface area contributed by atoms with Gasteiger partial charge in [-0.2, -0.15) is 5.26 Å². The zero-order valence-corrected chi connectivity index (χ0v) is 11.6. The van der Waals surface area contributed by atoms with Crippen LogP contribution in [0.3, 0.4) is 0 Å². The predicted molar refractivity (Wildman–Crippen MR) is 71.3 cm³/mol. The van der Waals surface area contributed by atoms with Crippen LogP contribution in [0.25, 0.3) is 0 Å². The van der Waals surface area contributed by atoms with E-state index in [0.29, 0.717) is 5.56 Å². The number of halogens is 1. The lowest BCUT2D eigenvalue weighted by Crippen LogP contribution is -2.19. The molecule has 0 saturated carbocycles. The number of rotatable bonds is 2. The van der Waals surface area contributed by atoms with Crippen LogP contribution < -0.4 is 0 Å². The molecule has 4 heteroatoms. The highest BCUT2D eigenvalue weighted by Gasteiger charge is 2.17. The third kappa shape index (κ3) is 4.12. The highest BCUT2D eigenvalue weighted by molar-refractivity contribution is 9.10. The lowest BCUT2D eigenvalue weighted by atomic mass is 10.1. The molecule has 0 aliphatic carbocycles. The second-order valence-electron chi connectivity index (χ2n) is 4.58. The van der Waals surface area contributed by atoms with E-state index in [4.69, 9.17) is 5.26 Å². The van der Waals surface area contributed by atoms with E-state index in [1.165, 1.54) is 0 Å². The molecule has 0 amide bonds. The van der Waals surface area contributed by atoms with Crippen molar-refractivity contribution in [2.45, 2.75) is 26.3 Å². The van der Waals surface area contributed by atoms with Crippen LogP contribution in [0.15, 0.2) is 33.7 Å². The van der Waals surface area contributed by atoms with Crippen LogP contribution in [0.2, 0.25) is 0 Å². The lowest BCUT2D eigenvalue weighted by Gasteiger charge is -2.12. The maximum absolute atomic E-state index is 12.0. The molecule has 17 heavy (non-hydrogen) atoms. The number of Topliss-reactive ketones (excluding diaryl/α,β-unsaturated/α-hetero) is 1. The van der Waals surface area contributed by atoms with Gasteiger partial charge in [0.15, 0.2) is 5.71 Å². The van der Waals surface area contributed by atoms with E-state index in [1.54, 1.807) is 24.3 Å². The summed E-state index contributed by atoms with van der Waals surface area (Å²) in [6.45, 7) is 5.54.